The molecule has 0 heterocycles. The topological polar surface area (TPSA) is 43.4 Å². The van der Waals surface area contributed by atoms with Gasteiger partial charge in [0.2, 0.25) is 0 Å². The van der Waals surface area contributed by atoms with Crippen molar-refractivity contribution in [2.24, 2.45) is 10.8 Å². The molecule has 0 aromatic carbocycles. The Kier molecular flexibility index (Phi) is 3.50. The molecule has 3 saturated carbocycles. The number of carbonyl (C=O) groups is 2. The molecule has 0 saturated heterocycles. The van der Waals surface area contributed by atoms with Crippen LogP contribution < -0.4 is 0 Å². The van der Waals surface area contributed by atoms with Gasteiger partial charge < -0.3 is 4.74 Å². The molecule has 2 spiro atoms. The molecular weight excluding hydrogens is 264 g/mol. The van der Waals surface area contributed by atoms with Crippen molar-refractivity contribution in [2.45, 2.75) is 76.7 Å². The van der Waals surface area contributed by atoms with Crippen molar-refractivity contribution in [3.05, 3.63) is 12.7 Å². The SMILES string of the molecule is C=CC(=O)OC1(C)C2(CCCCC2)C(=O)C12CCCCC2. The summed E-state index contributed by atoms with van der Waals surface area (Å²) in [5.41, 5.74) is -1.45. The Morgan fingerprint density at radius 2 is 1.43 bits per heavy atom. The standard InChI is InChI=1S/C18H26O3/c1-3-14(19)21-16(2)17(10-6-4-7-11-17)15(20)18(16)12-8-5-9-13-18/h3H,1,4-13H2,2H3. The number of ether oxygens (including phenoxy) is 1. The van der Waals surface area contributed by atoms with Gasteiger partial charge in [-0.3, -0.25) is 4.79 Å². The first-order chi connectivity index (χ1) is 10.0. The molecule has 21 heavy (non-hydrogen) atoms. The van der Waals surface area contributed by atoms with Crippen LogP contribution in [-0.2, 0) is 14.3 Å². The van der Waals surface area contributed by atoms with Crippen LogP contribution in [0.15, 0.2) is 12.7 Å². The molecule has 3 aliphatic carbocycles. The molecule has 0 N–H and O–H groups in total. The molecule has 3 fully saturated rings. The van der Waals surface area contributed by atoms with Crippen LogP contribution in [0.3, 0.4) is 0 Å². The van der Waals surface area contributed by atoms with Crippen LogP contribution in [0.1, 0.15) is 71.1 Å². The number of hydrogen-bond acceptors (Lipinski definition) is 3. The lowest BCUT2D eigenvalue weighted by molar-refractivity contribution is -0.258. The fourth-order valence-corrected chi connectivity index (χ4v) is 5.44. The van der Waals surface area contributed by atoms with E-state index in [-0.39, 0.29) is 5.97 Å². The number of carbonyl (C=O) groups excluding carboxylic acids is 2. The van der Waals surface area contributed by atoms with Gasteiger partial charge in [-0.1, -0.05) is 45.1 Å². The highest BCUT2D eigenvalue weighted by atomic mass is 16.6. The molecule has 0 unspecified atom stereocenters. The van der Waals surface area contributed by atoms with Gasteiger partial charge in [0.05, 0.1) is 10.8 Å². The molecule has 0 amide bonds. The van der Waals surface area contributed by atoms with Crippen LogP contribution in [0.2, 0.25) is 0 Å². The normalized spacial score (nSPS) is 28.9. The third-order valence-electron chi connectivity index (χ3n) is 6.58. The van der Waals surface area contributed by atoms with E-state index in [4.69, 9.17) is 4.74 Å². The quantitative estimate of drug-likeness (QED) is 0.571. The second-order valence-electron chi connectivity index (χ2n) is 7.27. The average molecular weight is 290 g/mol. The summed E-state index contributed by atoms with van der Waals surface area (Å²) in [6, 6.07) is 0. The average Bonchev–Trinajstić information content (AvgIpc) is 2.55. The summed E-state index contributed by atoms with van der Waals surface area (Å²) in [5.74, 6) is 0.0219. The lowest BCUT2D eigenvalue weighted by Gasteiger charge is -2.69. The molecule has 0 atom stereocenters. The second-order valence-corrected chi connectivity index (χ2v) is 7.27. The van der Waals surface area contributed by atoms with Crippen LogP contribution in [0.25, 0.3) is 0 Å². The van der Waals surface area contributed by atoms with Crippen LogP contribution in [0.4, 0.5) is 0 Å². The van der Waals surface area contributed by atoms with E-state index in [9.17, 15) is 9.59 Å². The second kappa shape index (κ2) is 4.96. The van der Waals surface area contributed by atoms with Gasteiger partial charge >= 0.3 is 5.97 Å². The van der Waals surface area contributed by atoms with E-state index in [1.807, 2.05) is 6.92 Å². The number of hydrogen-bond donors (Lipinski definition) is 0. The van der Waals surface area contributed by atoms with Crippen molar-refractivity contribution >= 4 is 11.8 Å². The molecule has 3 rings (SSSR count). The van der Waals surface area contributed by atoms with Gasteiger partial charge in [0.1, 0.15) is 5.60 Å². The minimum absolute atomic E-state index is 0.375. The van der Waals surface area contributed by atoms with Crippen molar-refractivity contribution in [1.82, 2.24) is 0 Å². The summed E-state index contributed by atoms with van der Waals surface area (Å²) in [7, 11) is 0. The smallest absolute Gasteiger partial charge is 0.330 e. The maximum absolute atomic E-state index is 13.2. The summed E-state index contributed by atoms with van der Waals surface area (Å²) in [5, 5.41) is 0. The molecule has 3 heteroatoms. The third-order valence-corrected chi connectivity index (χ3v) is 6.58. The molecule has 3 aliphatic rings. The van der Waals surface area contributed by atoms with Crippen LogP contribution in [-0.4, -0.2) is 17.4 Å². The largest absolute Gasteiger partial charge is 0.454 e. The minimum Gasteiger partial charge on any atom is -0.454 e. The molecule has 0 radical (unpaired) electrons. The Balaban J connectivity index is 1.99. The summed E-state index contributed by atoms with van der Waals surface area (Å²) in [6.07, 6.45) is 11.4. The fraction of sp³-hybridized carbons (Fsp3) is 0.778. The van der Waals surface area contributed by atoms with Crippen molar-refractivity contribution in [2.75, 3.05) is 0 Å². The maximum Gasteiger partial charge on any atom is 0.330 e. The van der Waals surface area contributed by atoms with Crippen molar-refractivity contribution in [3.63, 3.8) is 0 Å². The predicted octanol–water partition coefficient (Wildman–Crippen LogP) is 3.96. The zero-order valence-corrected chi connectivity index (χ0v) is 13.1. The van der Waals surface area contributed by atoms with E-state index in [1.165, 1.54) is 18.9 Å². The Hall–Kier alpha value is -1.12. The van der Waals surface area contributed by atoms with Gasteiger partial charge in [-0.15, -0.1) is 0 Å². The van der Waals surface area contributed by atoms with Crippen LogP contribution in [0.5, 0.6) is 0 Å². The Bertz CT molecular complexity index is 437. The summed E-state index contributed by atoms with van der Waals surface area (Å²) >= 11 is 0. The fourth-order valence-electron chi connectivity index (χ4n) is 5.44. The first kappa shape index (κ1) is 14.8. The Morgan fingerprint density at radius 1 is 1.00 bits per heavy atom. The zero-order chi connectivity index (χ0) is 15.1. The van der Waals surface area contributed by atoms with E-state index >= 15 is 0 Å². The number of ketones is 1. The zero-order valence-electron chi connectivity index (χ0n) is 13.1. The summed E-state index contributed by atoms with van der Waals surface area (Å²) < 4.78 is 5.90. The predicted molar refractivity (Wildman–Crippen MR) is 80.7 cm³/mol. The highest BCUT2D eigenvalue weighted by Gasteiger charge is 2.79. The van der Waals surface area contributed by atoms with Gasteiger partial charge in [0.15, 0.2) is 5.78 Å². The van der Waals surface area contributed by atoms with E-state index in [1.54, 1.807) is 0 Å². The number of esters is 1. The lowest BCUT2D eigenvalue weighted by atomic mass is 9.36. The highest BCUT2D eigenvalue weighted by molar-refractivity contribution is 6.01. The van der Waals surface area contributed by atoms with Crippen molar-refractivity contribution < 1.29 is 14.3 Å². The molecule has 3 nitrogen and oxygen atoms in total. The molecule has 0 aliphatic heterocycles. The van der Waals surface area contributed by atoms with E-state index in [0.29, 0.717) is 5.78 Å². The van der Waals surface area contributed by atoms with Crippen molar-refractivity contribution in [3.8, 4) is 0 Å². The van der Waals surface area contributed by atoms with E-state index in [0.717, 1.165) is 51.4 Å². The Morgan fingerprint density at radius 3 is 1.81 bits per heavy atom. The maximum atomic E-state index is 13.2. The van der Waals surface area contributed by atoms with Gasteiger partial charge in [-0.25, -0.2) is 4.79 Å². The van der Waals surface area contributed by atoms with Crippen LogP contribution in [0, 0.1) is 10.8 Å². The highest BCUT2D eigenvalue weighted by Crippen LogP contribution is 2.70. The molecule has 0 bridgehead atoms. The first-order valence-corrected chi connectivity index (χ1v) is 8.43. The minimum atomic E-state index is -0.622. The van der Waals surface area contributed by atoms with Crippen LogP contribution >= 0.6 is 0 Å². The molecule has 116 valence electrons. The van der Waals surface area contributed by atoms with Crippen molar-refractivity contribution in [1.29, 1.82) is 0 Å². The lowest BCUT2D eigenvalue weighted by Crippen LogP contribution is -2.78. The summed E-state index contributed by atoms with van der Waals surface area (Å²) in [4.78, 5) is 25.1. The Labute approximate surface area is 127 Å². The van der Waals surface area contributed by atoms with Gasteiger partial charge in [-0.05, 0) is 32.6 Å². The van der Waals surface area contributed by atoms with Gasteiger partial charge in [-0.2, -0.15) is 0 Å². The molecule has 0 aromatic rings. The first-order valence-electron chi connectivity index (χ1n) is 8.43. The molecular formula is C18H26O3. The van der Waals surface area contributed by atoms with Gasteiger partial charge in [0.25, 0.3) is 0 Å². The monoisotopic (exact) mass is 290 g/mol. The van der Waals surface area contributed by atoms with E-state index in [2.05, 4.69) is 6.58 Å². The van der Waals surface area contributed by atoms with E-state index < -0.39 is 16.4 Å². The number of Topliss-reactive ketones (excluding diaryl/α,β-unsaturated/α-hetero) is 1. The van der Waals surface area contributed by atoms with Gasteiger partial charge in [0, 0.05) is 6.08 Å². The summed E-state index contributed by atoms with van der Waals surface area (Å²) in [6.45, 7) is 5.56. The molecule has 0 aromatic heterocycles. The number of rotatable bonds is 2. The third kappa shape index (κ3) is 1.72.